The maximum atomic E-state index is 5.66. The Morgan fingerprint density at radius 1 is 1.18 bits per heavy atom. The van der Waals surface area contributed by atoms with Crippen molar-refractivity contribution in [2.45, 2.75) is 0 Å². The van der Waals surface area contributed by atoms with E-state index in [9.17, 15) is 0 Å². The van der Waals surface area contributed by atoms with E-state index in [0.717, 1.165) is 13.1 Å². The smallest absolute Gasteiger partial charge is 0.228 e. The normalized spacial score (nSPS) is 15.3. The number of nitrogens with zero attached hydrogens (tertiary/aromatic N) is 3. The topological polar surface area (TPSA) is 28.8 Å². The van der Waals surface area contributed by atoms with Gasteiger partial charge in [-0.25, -0.2) is 9.97 Å². The molecule has 5 heteroatoms. The molecule has 0 amide bonds. The van der Waals surface area contributed by atoms with Crippen LogP contribution in [0.4, 0.5) is 5.95 Å². The van der Waals surface area contributed by atoms with E-state index >= 15 is 0 Å². The van der Waals surface area contributed by atoms with E-state index < -0.39 is 0 Å². The van der Waals surface area contributed by atoms with Crippen molar-refractivity contribution in [1.29, 1.82) is 0 Å². The summed E-state index contributed by atoms with van der Waals surface area (Å²) in [6.07, 6.45) is 0. The molecule has 2 heterocycles. The zero-order valence-electron chi connectivity index (χ0n) is 5.59. The second-order valence-corrected chi connectivity index (χ2v) is 3.07. The summed E-state index contributed by atoms with van der Waals surface area (Å²) in [5.41, 5.74) is 0. The summed E-state index contributed by atoms with van der Waals surface area (Å²) in [7, 11) is 0. The zero-order chi connectivity index (χ0) is 7.84. The molecule has 11 heavy (non-hydrogen) atoms. The third kappa shape index (κ3) is 1.54. The maximum absolute atomic E-state index is 5.66. The van der Waals surface area contributed by atoms with Crippen LogP contribution in [-0.2, 0) is 0 Å². The Labute approximate surface area is 74.0 Å². The largest absolute Gasteiger partial charge is 0.337 e. The van der Waals surface area contributed by atoms with Crippen molar-refractivity contribution in [3.8, 4) is 0 Å². The fraction of sp³-hybridized carbons (Fsp3) is 0.333. The van der Waals surface area contributed by atoms with Gasteiger partial charge in [-0.05, 0) is 0 Å². The van der Waals surface area contributed by atoms with Crippen molar-refractivity contribution in [2.75, 3.05) is 18.0 Å². The number of hydrogen-bond acceptors (Lipinski definition) is 3. The fourth-order valence-electron chi connectivity index (χ4n) is 0.770. The second kappa shape index (κ2) is 2.50. The molecule has 1 saturated heterocycles. The van der Waals surface area contributed by atoms with Gasteiger partial charge in [0, 0.05) is 19.2 Å². The zero-order valence-corrected chi connectivity index (χ0v) is 7.10. The Balaban J connectivity index is 2.39. The number of rotatable bonds is 1. The highest BCUT2D eigenvalue weighted by atomic mass is 35.5. The van der Waals surface area contributed by atoms with E-state index in [1.165, 1.54) is 6.07 Å². The van der Waals surface area contributed by atoms with Crippen molar-refractivity contribution >= 4 is 29.2 Å². The van der Waals surface area contributed by atoms with Crippen molar-refractivity contribution < 1.29 is 0 Å². The van der Waals surface area contributed by atoms with Crippen LogP contribution in [0.3, 0.4) is 0 Å². The van der Waals surface area contributed by atoms with Crippen LogP contribution in [0.25, 0.3) is 0 Å². The molecule has 0 radical (unpaired) electrons. The van der Waals surface area contributed by atoms with Crippen LogP contribution in [0.2, 0.25) is 10.3 Å². The van der Waals surface area contributed by atoms with Crippen LogP contribution in [0.1, 0.15) is 0 Å². The van der Waals surface area contributed by atoms with Crippen molar-refractivity contribution in [2.24, 2.45) is 0 Å². The first-order chi connectivity index (χ1) is 5.25. The minimum atomic E-state index is 0.395. The highest BCUT2D eigenvalue weighted by Crippen LogP contribution is 2.20. The molecule has 1 fully saturated rings. The van der Waals surface area contributed by atoms with Gasteiger partial charge in [0.1, 0.15) is 10.3 Å². The minimum absolute atomic E-state index is 0.395. The van der Waals surface area contributed by atoms with Crippen molar-refractivity contribution in [1.82, 2.24) is 9.97 Å². The molecule has 2 rings (SSSR count). The molecule has 0 aromatic carbocycles. The summed E-state index contributed by atoms with van der Waals surface area (Å²) in [5, 5.41) is 0.791. The molecule has 0 spiro atoms. The predicted octanol–water partition coefficient (Wildman–Crippen LogP) is 1.60. The molecule has 1 aromatic heterocycles. The highest BCUT2D eigenvalue weighted by molar-refractivity contribution is 6.33. The summed E-state index contributed by atoms with van der Waals surface area (Å²) < 4.78 is 0. The number of anilines is 1. The van der Waals surface area contributed by atoms with E-state index in [-0.39, 0.29) is 0 Å². The standard InChI is InChI=1S/C6H5Cl2N3/c7-4-3-5(8)10-6(9-4)11-1-2-11/h3H,1-2H2. The van der Waals surface area contributed by atoms with E-state index in [0.29, 0.717) is 16.3 Å². The van der Waals surface area contributed by atoms with Gasteiger partial charge in [-0.15, -0.1) is 0 Å². The molecule has 0 bridgehead atoms. The Morgan fingerprint density at radius 3 is 2.18 bits per heavy atom. The molecule has 0 unspecified atom stereocenters. The lowest BCUT2D eigenvalue weighted by Gasteiger charge is -1.99. The summed E-state index contributed by atoms with van der Waals surface area (Å²) in [5.74, 6) is 0.627. The predicted molar refractivity (Wildman–Crippen MR) is 44.3 cm³/mol. The van der Waals surface area contributed by atoms with E-state index in [1.54, 1.807) is 0 Å². The molecule has 1 aliphatic rings. The minimum Gasteiger partial charge on any atom is -0.337 e. The second-order valence-electron chi connectivity index (χ2n) is 2.30. The maximum Gasteiger partial charge on any atom is 0.228 e. The average molecular weight is 190 g/mol. The molecule has 58 valence electrons. The quantitative estimate of drug-likeness (QED) is 0.497. The van der Waals surface area contributed by atoms with Gasteiger partial charge < -0.3 is 4.90 Å². The fourth-order valence-corrected chi connectivity index (χ4v) is 1.18. The monoisotopic (exact) mass is 189 g/mol. The summed E-state index contributed by atoms with van der Waals surface area (Å²) >= 11 is 11.3. The first-order valence-electron chi connectivity index (χ1n) is 3.21. The van der Waals surface area contributed by atoms with Gasteiger partial charge in [0.25, 0.3) is 0 Å². The Hall–Kier alpha value is -0.540. The first-order valence-corrected chi connectivity index (χ1v) is 3.96. The molecule has 0 N–H and O–H groups in total. The summed E-state index contributed by atoms with van der Waals surface area (Å²) in [6.45, 7) is 1.99. The molecule has 1 aromatic rings. The highest BCUT2D eigenvalue weighted by Gasteiger charge is 2.21. The van der Waals surface area contributed by atoms with E-state index in [4.69, 9.17) is 23.2 Å². The number of halogens is 2. The van der Waals surface area contributed by atoms with Gasteiger partial charge in [-0.2, -0.15) is 0 Å². The van der Waals surface area contributed by atoms with Crippen molar-refractivity contribution in [3.63, 3.8) is 0 Å². The summed E-state index contributed by atoms with van der Waals surface area (Å²) in [4.78, 5) is 9.97. The first kappa shape index (κ1) is 7.13. The van der Waals surface area contributed by atoms with Gasteiger partial charge in [0.05, 0.1) is 0 Å². The average Bonchev–Trinajstić information content (AvgIpc) is 2.64. The van der Waals surface area contributed by atoms with Crippen LogP contribution >= 0.6 is 23.2 Å². The van der Waals surface area contributed by atoms with Crippen molar-refractivity contribution in [3.05, 3.63) is 16.4 Å². The van der Waals surface area contributed by atoms with Gasteiger partial charge in [0.15, 0.2) is 0 Å². The van der Waals surface area contributed by atoms with Crippen LogP contribution in [0.15, 0.2) is 6.07 Å². The molecule has 0 atom stereocenters. The van der Waals surface area contributed by atoms with Gasteiger partial charge in [-0.1, -0.05) is 23.2 Å². The number of aromatic nitrogens is 2. The van der Waals surface area contributed by atoms with E-state index in [2.05, 4.69) is 9.97 Å². The molecular formula is C6H5Cl2N3. The lowest BCUT2D eigenvalue weighted by Crippen LogP contribution is -1.98. The molecule has 0 saturated carbocycles. The molecular weight excluding hydrogens is 185 g/mol. The Morgan fingerprint density at radius 2 is 1.73 bits per heavy atom. The van der Waals surface area contributed by atoms with E-state index in [1.807, 2.05) is 4.90 Å². The Kier molecular flexibility index (Phi) is 1.62. The Bertz CT molecular complexity index is 265. The van der Waals surface area contributed by atoms with Gasteiger partial charge in [0.2, 0.25) is 5.95 Å². The lowest BCUT2D eigenvalue weighted by atomic mass is 10.7. The lowest BCUT2D eigenvalue weighted by molar-refractivity contribution is 1.11. The molecule has 0 aliphatic carbocycles. The third-order valence-corrected chi connectivity index (χ3v) is 1.77. The SMILES string of the molecule is Clc1cc(Cl)nc(N2CC2)n1. The summed E-state index contributed by atoms with van der Waals surface area (Å²) in [6, 6.07) is 1.52. The van der Waals surface area contributed by atoms with Crippen LogP contribution in [-0.4, -0.2) is 23.1 Å². The van der Waals surface area contributed by atoms with Crippen LogP contribution in [0, 0.1) is 0 Å². The van der Waals surface area contributed by atoms with Crippen LogP contribution < -0.4 is 4.90 Å². The third-order valence-electron chi connectivity index (χ3n) is 1.38. The number of hydrogen-bond donors (Lipinski definition) is 0. The molecule has 3 nitrogen and oxygen atoms in total. The van der Waals surface area contributed by atoms with Gasteiger partial charge in [-0.3, -0.25) is 0 Å². The molecule has 1 aliphatic heterocycles. The van der Waals surface area contributed by atoms with Gasteiger partial charge >= 0.3 is 0 Å². The van der Waals surface area contributed by atoms with Crippen LogP contribution in [0.5, 0.6) is 0 Å².